The van der Waals surface area contributed by atoms with Crippen molar-refractivity contribution in [2.75, 3.05) is 24.5 Å². The molecule has 0 aliphatic carbocycles. The van der Waals surface area contributed by atoms with Gasteiger partial charge in [0.15, 0.2) is 0 Å². The Morgan fingerprint density at radius 1 is 1.42 bits per heavy atom. The van der Waals surface area contributed by atoms with Crippen LogP contribution in [0.5, 0.6) is 0 Å². The SMILES string of the molecule is Cc1ccc([N+](=O)[O-])cc1N1CC2CCCNC2C1. The van der Waals surface area contributed by atoms with E-state index in [0.717, 1.165) is 30.9 Å². The second kappa shape index (κ2) is 4.81. The first-order chi connectivity index (χ1) is 9.15. The maximum Gasteiger partial charge on any atom is 0.271 e. The van der Waals surface area contributed by atoms with Crippen LogP contribution in [0, 0.1) is 23.0 Å². The van der Waals surface area contributed by atoms with E-state index in [1.165, 1.54) is 12.8 Å². The highest BCUT2D eigenvalue weighted by molar-refractivity contribution is 5.59. The van der Waals surface area contributed by atoms with Crippen molar-refractivity contribution in [2.24, 2.45) is 5.92 Å². The summed E-state index contributed by atoms with van der Waals surface area (Å²) in [6.45, 7) is 5.10. The van der Waals surface area contributed by atoms with Gasteiger partial charge in [0.05, 0.1) is 4.92 Å². The summed E-state index contributed by atoms with van der Waals surface area (Å²) in [4.78, 5) is 12.9. The molecule has 0 spiro atoms. The maximum absolute atomic E-state index is 10.9. The highest BCUT2D eigenvalue weighted by Gasteiger charge is 2.35. The Kier molecular flexibility index (Phi) is 3.14. The molecule has 1 aromatic rings. The highest BCUT2D eigenvalue weighted by Crippen LogP contribution is 2.32. The topological polar surface area (TPSA) is 58.4 Å². The van der Waals surface area contributed by atoms with Gasteiger partial charge in [0.25, 0.3) is 5.69 Å². The van der Waals surface area contributed by atoms with Crippen LogP contribution in [0.1, 0.15) is 18.4 Å². The van der Waals surface area contributed by atoms with Crippen molar-refractivity contribution in [3.05, 3.63) is 33.9 Å². The van der Waals surface area contributed by atoms with Gasteiger partial charge in [0.1, 0.15) is 0 Å². The lowest BCUT2D eigenvalue weighted by Crippen LogP contribution is -2.40. The zero-order chi connectivity index (χ0) is 13.4. The number of nitrogens with zero attached hydrogens (tertiary/aromatic N) is 2. The fraction of sp³-hybridized carbons (Fsp3) is 0.571. The summed E-state index contributed by atoms with van der Waals surface area (Å²) >= 11 is 0. The van der Waals surface area contributed by atoms with E-state index in [0.29, 0.717) is 12.0 Å². The summed E-state index contributed by atoms with van der Waals surface area (Å²) < 4.78 is 0. The minimum Gasteiger partial charge on any atom is -0.369 e. The van der Waals surface area contributed by atoms with E-state index in [9.17, 15) is 10.1 Å². The normalized spacial score (nSPS) is 26.3. The number of benzene rings is 1. The van der Waals surface area contributed by atoms with E-state index in [4.69, 9.17) is 0 Å². The van der Waals surface area contributed by atoms with Gasteiger partial charge in [0, 0.05) is 37.0 Å². The lowest BCUT2D eigenvalue weighted by Gasteiger charge is -2.24. The van der Waals surface area contributed by atoms with Crippen molar-refractivity contribution in [1.29, 1.82) is 0 Å². The summed E-state index contributed by atoms with van der Waals surface area (Å²) in [6.07, 6.45) is 2.51. The molecule has 2 aliphatic rings. The number of aryl methyl sites for hydroxylation is 1. The molecule has 19 heavy (non-hydrogen) atoms. The predicted octanol–water partition coefficient (Wildman–Crippen LogP) is 2.09. The van der Waals surface area contributed by atoms with Crippen molar-refractivity contribution in [3.63, 3.8) is 0 Å². The first-order valence-corrected chi connectivity index (χ1v) is 6.88. The van der Waals surface area contributed by atoms with Crippen molar-refractivity contribution >= 4 is 11.4 Å². The van der Waals surface area contributed by atoms with Gasteiger partial charge < -0.3 is 10.2 Å². The molecule has 2 fully saturated rings. The van der Waals surface area contributed by atoms with Gasteiger partial charge in [-0.05, 0) is 37.8 Å². The monoisotopic (exact) mass is 261 g/mol. The van der Waals surface area contributed by atoms with Crippen LogP contribution in [0.3, 0.4) is 0 Å². The fourth-order valence-corrected chi connectivity index (χ4v) is 3.30. The van der Waals surface area contributed by atoms with E-state index < -0.39 is 0 Å². The summed E-state index contributed by atoms with van der Waals surface area (Å²) in [7, 11) is 0. The lowest BCUT2D eigenvalue weighted by molar-refractivity contribution is -0.384. The van der Waals surface area contributed by atoms with Crippen LogP contribution in [-0.4, -0.2) is 30.6 Å². The maximum atomic E-state index is 10.9. The Morgan fingerprint density at radius 3 is 3.00 bits per heavy atom. The third-order valence-electron chi connectivity index (χ3n) is 4.34. The number of nitro groups is 1. The molecule has 2 heterocycles. The van der Waals surface area contributed by atoms with Gasteiger partial charge in [-0.3, -0.25) is 10.1 Å². The van der Waals surface area contributed by atoms with Crippen molar-refractivity contribution < 1.29 is 4.92 Å². The number of anilines is 1. The van der Waals surface area contributed by atoms with E-state index in [-0.39, 0.29) is 10.6 Å². The Balaban J connectivity index is 1.86. The molecule has 3 rings (SSSR count). The Labute approximate surface area is 112 Å². The van der Waals surface area contributed by atoms with Crippen molar-refractivity contribution in [3.8, 4) is 0 Å². The number of non-ortho nitro benzene ring substituents is 1. The Bertz CT molecular complexity index is 489. The van der Waals surface area contributed by atoms with Crippen LogP contribution in [0.15, 0.2) is 18.2 Å². The fourth-order valence-electron chi connectivity index (χ4n) is 3.30. The minimum absolute atomic E-state index is 0.184. The Morgan fingerprint density at radius 2 is 2.26 bits per heavy atom. The summed E-state index contributed by atoms with van der Waals surface area (Å²) in [5.41, 5.74) is 2.32. The standard InChI is InChI=1S/C14H19N3O2/c1-10-4-5-12(17(18)19)7-14(10)16-8-11-3-2-6-15-13(11)9-16/h4-5,7,11,13,15H,2-3,6,8-9H2,1H3. The molecule has 0 amide bonds. The lowest BCUT2D eigenvalue weighted by atomic mass is 9.94. The predicted molar refractivity (Wildman–Crippen MR) is 74.6 cm³/mol. The largest absolute Gasteiger partial charge is 0.369 e. The molecule has 5 nitrogen and oxygen atoms in total. The van der Waals surface area contributed by atoms with Gasteiger partial charge in [-0.25, -0.2) is 0 Å². The smallest absolute Gasteiger partial charge is 0.271 e. The number of fused-ring (bicyclic) bond motifs is 1. The minimum atomic E-state index is -0.315. The van der Waals surface area contributed by atoms with Crippen LogP contribution < -0.4 is 10.2 Å². The summed E-state index contributed by atoms with van der Waals surface area (Å²) in [5, 5.41) is 14.5. The van der Waals surface area contributed by atoms with Crippen LogP contribution in [0.2, 0.25) is 0 Å². The number of hydrogen-bond acceptors (Lipinski definition) is 4. The second-order valence-corrected chi connectivity index (χ2v) is 5.60. The highest BCUT2D eigenvalue weighted by atomic mass is 16.6. The third kappa shape index (κ3) is 2.30. The molecule has 2 atom stereocenters. The van der Waals surface area contributed by atoms with Crippen molar-refractivity contribution in [2.45, 2.75) is 25.8 Å². The van der Waals surface area contributed by atoms with E-state index in [2.05, 4.69) is 10.2 Å². The average Bonchev–Trinajstić information content (AvgIpc) is 2.82. The van der Waals surface area contributed by atoms with E-state index in [1.54, 1.807) is 12.1 Å². The first-order valence-electron chi connectivity index (χ1n) is 6.88. The number of hydrogen-bond donors (Lipinski definition) is 1. The second-order valence-electron chi connectivity index (χ2n) is 5.60. The zero-order valence-electron chi connectivity index (χ0n) is 11.1. The molecule has 0 aromatic heterocycles. The van der Waals surface area contributed by atoms with Gasteiger partial charge in [-0.15, -0.1) is 0 Å². The molecule has 2 unspecified atom stereocenters. The van der Waals surface area contributed by atoms with Crippen LogP contribution in [0.25, 0.3) is 0 Å². The zero-order valence-corrected chi connectivity index (χ0v) is 11.1. The number of rotatable bonds is 2. The van der Waals surface area contributed by atoms with Gasteiger partial charge in [0.2, 0.25) is 0 Å². The molecular formula is C14H19N3O2. The molecule has 1 aromatic carbocycles. The molecular weight excluding hydrogens is 242 g/mol. The van der Waals surface area contributed by atoms with E-state index >= 15 is 0 Å². The number of piperidine rings is 1. The molecule has 0 radical (unpaired) electrons. The Hall–Kier alpha value is -1.62. The molecule has 5 heteroatoms. The van der Waals surface area contributed by atoms with E-state index in [1.807, 2.05) is 13.0 Å². The van der Waals surface area contributed by atoms with Crippen molar-refractivity contribution in [1.82, 2.24) is 5.32 Å². The van der Waals surface area contributed by atoms with Gasteiger partial charge in [-0.2, -0.15) is 0 Å². The number of nitrogens with one attached hydrogen (secondary N) is 1. The quantitative estimate of drug-likeness (QED) is 0.654. The molecule has 0 bridgehead atoms. The molecule has 102 valence electrons. The van der Waals surface area contributed by atoms with Gasteiger partial charge in [-0.1, -0.05) is 6.07 Å². The van der Waals surface area contributed by atoms with Crippen LogP contribution >= 0.6 is 0 Å². The molecule has 2 aliphatic heterocycles. The molecule has 2 saturated heterocycles. The molecule has 0 saturated carbocycles. The van der Waals surface area contributed by atoms with Crippen LogP contribution in [0.4, 0.5) is 11.4 Å². The van der Waals surface area contributed by atoms with Crippen LogP contribution in [-0.2, 0) is 0 Å². The third-order valence-corrected chi connectivity index (χ3v) is 4.34. The summed E-state index contributed by atoms with van der Waals surface area (Å²) in [6, 6.07) is 5.70. The first kappa shape index (κ1) is 12.4. The number of nitro benzene ring substituents is 1. The summed E-state index contributed by atoms with van der Waals surface area (Å²) in [5.74, 6) is 0.687. The average molecular weight is 261 g/mol. The van der Waals surface area contributed by atoms with Gasteiger partial charge >= 0.3 is 0 Å². The molecule has 1 N–H and O–H groups in total.